The summed E-state index contributed by atoms with van der Waals surface area (Å²) < 4.78 is 10.7. The van der Waals surface area contributed by atoms with Crippen LogP contribution in [-0.4, -0.2) is 35.9 Å². The maximum absolute atomic E-state index is 12.2. The first-order valence-electron chi connectivity index (χ1n) is 9.79. The first kappa shape index (κ1) is 20.0. The van der Waals surface area contributed by atoms with E-state index in [-0.39, 0.29) is 25.2 Å². The highest BCUT2D eigenvalue weighted by Crippen LogP contribution is 2.34. The summed E-state index contributed by atoms with van der Waals surface area (Å²) in [5.74, 6) is -0.241. The molecule has 1 aliphatic heterocycles. The number of hydrogen-bond acceptors (Lipinski definition) is 5. The molecule has 25 heavy (non-hydrogen) atoms. The lowest BCUT2D eigenvalue weighted by Gasteiger charge is -2.24. The minimum atomic E-state index is -1.10. The van der Waals surface area contributed by atoms with E-state index in [0.29, 0.717) is 24.3 Å². The predicted octanol–water partition coefficient (Wildman–Crippen LogP) is 3.68. The van der Waals surface area contributed by atoms with E-state index in [1.807, 2.05) is 6.08 Å². The Bertz CT molecular complexity index is 478. The normalized spacial score (nSPS) is 26.0. The van der Waals surface area contributed by atoms with Crippen molar-refractivity contribution in [2.75, 3.05) is 13.2 Å². The van der Waals surface area contributed by atoms with Gasteiger partial charge in [0.2, 0.25) is 0 Å². The number of ether oxygens (including phenoxy) is 2. The molecule has 1 atom stereocenters. The van der Waals surface area contributed by atoms with Crippen LogP contribution in [0.2, 0.25) is 0 Å². The molecule has 1 unspecified atom stereocenters. The third-order valence-corrected chi connectivity index (χ3v) is 5.19. The molecule has 0 amide bonds. The SMILES string of the molecule is CCCCCCC(=O)OCC1(CO)C/C(=C\C2CCCCC2)C(=O)O1. The highest BCUT2D eigenvalue weighted by atomic mass is 16.6. The van der Waals surface area contributed by atoms with Gasteiger partial charge in [-0.2, -0.15) is 0 Å². The van der Waals surface area contributed by atoms with E-state index in [1.54, 1.807) is 0 Å². The van der Waals surface area contributed by atoms with Gasteiger partial charge in [0.25, 0.3) is 0 Å². The van der Waals surface area contributed by atoms with Crippen LogP contribution in [0.15, 0.2) is 11.6 Å². The first-order valence-corrected chi connectivity index (χ1v) is 9.79. The minimum absolute atomic E-state index is 0.0656. The van der Waals surface area contributed by atoms with Crippen molar-refractivity contribution in [1.29, 1.82) is 0 Å². The van der Waals surface area contributed by atoms with E-state index in [0.717, 1.165) is 38.5 Å². The maximum atomic E-state index is 12.2. The molecule has 5 nitrogen and oxygen atoms in total. The average Bonchev–Trinajstić information content (AvgIpc) is 2.94. The Morgan fingerprint density at radius 3 is 2.72 bits per heavy atom. The number of unbranched alkanes of at least 4 members (excludes halogenated alkanes) is 3. The number of carbonyl (C=O) groups is 2. The summed E-state index contributed by atoms with van der Waals surface area (Å²) in [6.45, 7) is 1.73. The van der Waals surface area contributed by atoms with Gasteiger partial charge in [-0.05, 0) is 25.2 Å². The number of allylic oxidation sites excluding steroid dienone is 1. The molecule has 142 valence electrons. The van der Waals surface area contributed by atoms with E-state index in [2.05, 4.69) is 6.92 Å². The lowest BCUT2D eigenvalue weighted by Crippen LogP contribution is -2.39. The second-order valence-electron chi connectivity index (χ2n) is 7.47. The summed E-state index contributed by atoms with van der Waals surface area (Å²) in [5.41, 5.74) is -0.476. The van der Waals surface area contributed by atoms with Crippen molar-refractivity contribution in [2.45, 2.75) is 83.2 Å². The van der Waals surface area contributed by atoms with Crippen molar-refractivity contribution < 1.29 is 24.2 Å². The van der Waals surface area contributed by atoms with Crippen molar-refractivity contribution in [3.63, 3.8) is 0 Å². The summed E-state index contributed by atoms with van der Waals surface area (Å²) in [6.07, 6.45) is 12.6. The van der Waals surface area contributed by atoms with Crippen LogP contribution in [0.25, 0.3) is 0 Å². The highest BCUT2D eigenvalue weighted by Gasteiger charge is 2.44. The first-order chi connectivity index (χ1) is 12.1. The van der Waals surface area contributed by atoms with Gasteiger partial charge in [-0.1, -0.05) is 51.5 Å². The number of cyclic esters (lactones) is 1. The van der Waals surface area contributed by atoms with Crippen LogP contribution in [0.5, 0.6) is 0 Å². The third kappa shape index (κ3) is 6.14. The molecule has 1 N–H and O–H groups in total. The summed E-state index contributed by atoms with van der Waals surface area (Å²) >= 11 is 0. The molecular weight excluding hydrogens is 320 g/mol. The number of carbonyl (C=O) groups excluding carboxylic acids is 2. The fourth-order valence-electron chi connectivity index (χ4n) is 3.62. The van der Waals surface area contributed by atoms with Crippen LogP contribution < -0.4 is 0 Å². The predicted molar refractivity (Wildman–Crippen MR) is 94.9 cm³/mol. The second kappa shape index (κ2) is 9.95. The van der Waals surface area contributed by atoms with Gasteiger partial charge in [0.15, 0.2) is 5.60 Å². The van der Waals surface area contributed by atoms with Crippen molar-refractivity contribution in [3.8, 4) is 0 Å². The Balaban J connectivity index is 1.84. The van der Waals surface area contributed by atoms with Crippen LogP contribution in [0.3, 0.4) is 0 Å². The molecular formula is C20H32O5. The Morgan fingerprint density at radius 1 is 1.28 bits per heavy atom. The molecule has 0 aromatic carbocycles. The minimum Gasteiger partial charge on any atom is -0.461 e. The van der Waals surface area contributed by atoms with Gasteiger partial charge in [-0.25, -0.2) is 4.79 Å². The van der Waals surface area contributed by atoms with E-state index < -0.39 is 5.60 Å². The number of aliphatic hydroxyl groups is 1. The Hall–Kier alpha value is -1.36. The van der Waals surface area contributed by atoms with Crippen molar-refractivity contribution in [1.82, 2.24) is 0 Å². The van der Waals surface area contributed by atoms with E-state index in [4.69, 9.17) is 9.47 Å². The highest BCUT2D eigenvalue weighted by molar-refractivity contribution is 5.91. The quantitative estimate of drug-likeness (QED) is 0.389. The molecule has 2 rings (SSSR count). The molecule has 1 aliphatic carbocycles. The molecule has 5 heteroatoms. The zero-order valence-corrected chi connectivity index (χ0v) is 15.4. The molecule has 0 radical (unpaired) electrons. The van der Waals surface area contributed by atoms with Crippen LogP contribution in [0.1, 0.15) is 77.6 Å². The Morgan fingerprint density at radius 2 is 2.04 bits per heavy atom. The van der Waals surface area contributed by atoms with Crippen LogP contribution in [0.4, 0.5) is 0 Å². The van der Waals surface area contributed by atoms with Crippen molar-refractivity contribution in [3.05, 3.63) is 11.6 Å². The molecule has 1 saturated carbocycles. The fraction of sp³-hybridized carbons (Fsp3) is 0.800. The third-order valence-electron chi connectivity index (χ3n) is 5.19. The lowest BCUT2D eigenvalue weighted by atomic mass is 9.86. The summed E-state index contributed by atoms with van der Waals surface area (Å²) in [4.78, 5) is 24.0. The zero-order chi connectivity index (χ0) is 18.1. The molecule has 0 bridgehead atoms. The molecule has 2 fully saturated rings. The molecule has 0 spiro atoms. The fourth-order valence-corrected chi connectivity index (χ4v) is 3.62. The summed E-state index contributed by atoms with van der Waals surface area (Å²) in [5, 5.41) is 9.72. The van der Waals surface area contributed by atoms with Crippen molar-refractivity contribution >= 4 is 11.9 Å². The Kier molecular flexibility index (Phi) is 7.94. The monoisotopic (exact) mass is 352 g/mol. The van der Waals surface area contributed by atoms with E-state index >= 15 is 0 Å². The molecule has 1 saturated heterocycles. The second-order valence-corrected chi connectivity index (χ2v) is 7.47. The lowest BCUT2D eigenvalue weighted by molar-refractivity contribution is -0.166. The van der Waals surface area contributed by atoms with Gasteiger partial charge in [0.1, 0.15) is 6.61 Å². The van der Waals surface area contributed by atoms with E-state index in [1.165, 1.54) is 19.3 Å². The standard InChI is InChI=1S/C20H32O5/c1-2-3-4-8-11-18(22)24-15-20(14-21)13-17(19(23)25-20)12-16-9-6-5-7-10-16/h12,16,21H,2-11,13-15H2,1H3/b17-12+. The van der Waals surface area contributed by atoms with Gasteiger partial charge in [-0.3, -0.25) is 4.79 Å². The smallest absolute Gasteiger partial charge is 0.334 e. The molecule has 1 heterocycles. The topological polar surface area (TPSA) is 72.8 Å². The summed E-state index contributed by atoms with van der Waals surface area (Å²) in [6, 6.07) is 0. The zero-order valence-electron chi connectivity index (χ0n) is 15.4. The van der Waals surface area contributed by atoms with Crippen LogP contribution in [-0.2, 0) is 19.1 Å². The van der Waals surface area contributed by atoms with Gasteiger partial charge >= 0.3 is 11.9 Å². The van der Waals surface area contributed by atoms with Crippen LogP contribution >= 0.6 is 0 Å². The number of esters is 2. The largest absolute Gasteiger partial charge is 0.461 e. The number of rotatable bonds is 9. The molecule has 0 aromatic rings. The van der Waals surface area contributed by atoms with Crippen molar-refractivity contribution in [2.24, 2.45) is 5.92 Å². The number of hydrogen-bond donors (Lipinski definition) is 1. The van der Waals surface area contributed by atoms with E-state index in [9.17, 15) is 14.7 Å². The summed E-state index contributed by atoms with van der Waals surface area (Å²) in [7, 11) is 0. The Labute approximate surface area is 150 Å². The van der Waals surface area contributed by atoms with Gasteiger partial charge in [-0.15, -0.1) is 0 Å². The molecule has 2 aliphatic rings. The van der Waals surface area contributed by atoms with Gasteiger partial charge in [0.05, 0.1) is 6.61 Å². The number of aliphatic hydroxyl groups excluding tert-OH is 1. The van der Waals surface area contributed by atoms with Gasteiger partial charge < -0.3 is 14.6 Å². The average molecular weight is 352 g/mol. The molecule has 0 aromatic heterocycles. The van der Waals surface area contributed by atoms with Crippen LogP contribution in [0, 0.1) is 5.92 Å². The maximum Gasteiger partial charge on any atom is 0.334 e. The van der Waals surface area contributed by atoms with Gasteiger partial charge in [0, 0.05) is 18.4 Å².